The molecule has 2 N–H and O–H groups in total. The number of carbonyl (C=O) groups is 2. The van der Waals surface area contributed by atoms with Crippen LogP contribution < -0.4 is 5.32 Å². The summed E-state index contributed by atoms with van der Waals surface area (Å²) in [5.41, 5.74) is 2.07. The van der Waals surface area contributed by atoms with E-state index < -0.39 is 5.97 Å². The summed E-state index contributed by atoms with van der Waals surface area (Å²) in [5, 5.41) is 11.4. The molecule has 0 saturated carbocycles. The van der Waals surface area contributed by atoms with Crippen LogP contribution in [0.2, 0.25) is 0 Å². The van der Waals surface area contributed by atoms with E-state index >= 15 is 0 Å². The topological polar surface area (TPSA) is 66.4 Å². The number of aliphatic carboxylic acids is 1. The van der Waals surface area contributed by atoms with Crippen molar-refractivity contribution in [1.82, 2.24) is 5.32 Å². The predicted molar refractivity (Wildman–Crippen MR) is 74.7 cm³/mol. The summed E-state index contributed by atoms with van der Waals surface area (Å²) < 4.78 is 0. The van der Waals surface area contributed by atoms with Crippen LogP contribution in [0.15, 0.2) is 30.3 Å². The van der Waals surface area contributed by atoms with Gasteiger partial charge in [0.25, 0.3) is 0 Å². The standard InChI is InChI=1S/C15H19NO3/c1-3-13(10-15(18)19)16-14(17)8-7-12-6-4-5-11(2)9-12/h4-9,13H,3,10H2,1-2H3,(H,16,17)(H,18,19)/b8-7+. The van der Waals surface area contributed by atoms with Gasteiger partial charge in [0.2, 0.25) is 5.91 Å². The monoisotopic (exact) mass is 261 g/mol. The molecule has 0 radical (unpaired) electrons. The van der Waals surface area contributed by atoms with E-state index in [4.69, 9.17) is 5.11 Å². The maximum Gasteiger partial charge on any atom is 0.305 e. The first-order chi connectivity index (χ1) is 9.01. The fourth-order valence-electron chi connectivity index (χ4n) is 1.70. The molecular weight excluding hydrogens is 242 g/mol. The third-order valence-electron chi connectivity index (χ3n) is 2.73. The van der Waals surface area contributed by atoms with Gasteiger partial charge in [0.1, 0.15) is 0 Å². The zero-order chi connectivity index (χ0) is 14.3. The number of carboxylic acids is 1. The van der Waals surface area contributed by atoms with Gasteiger partial charge in [-0.25, -0.2) is 0 Å². The van der Waals surface area contributed by atoms with Crippen molar-refractivity contribution in [2.45, 2.75) is 32.7 Å². The quantitative estimate of drug-likeness (QED) is 0.773. The third kappa shape index (κ3) is 5.86. The second-order valence-corrected chi connectivity index (χ2v) is 4.46. The molecule has 0 heterocycles. The Kier molecular flexibility index (Phi) is 5.79. The fourth-order valence-corrected chi connectivity index (χ4v) is 1.70. The van der Waals surface area contributed by atoms with Crippen molar-refractivity contribution in [2.75, 3.05) is 0 Å². The number of aryl methyl sites for hydroxylation is 1. The number of hydrogen-bond acceptors (Lipinski definition) is 2. The smallest absolute Gasteiger partial charge is 0.305 e. The molecule has 0 fully saturated rings. The molecule has 1 aromatic rings. The van der Waals surface area contributed by atoms with Gasteiger partial charge in [-0.2, -0.15) is 0 Å². The van der Waals surface area contributed by atoms with E-state index in [9.17, 15) is 9.59 Å². The van der Waals surface area contributed by atoms with Crippen LogP contribution in [0, 0.1) is 6.92 Å². The Morgan fingerprint density at radius 2 is 2.16 bits per heavy atom. The lowest BCUT2D eigenvalue weighted by atomic mass is 10.1. The summed E-state index contributed by atoms with van der Waals surface area (Å²) >= 11 is 0. The first kappa shape index (κ1) is 15.0. The largest absolute Gasteiger partial charge is 0.481 e. The van der Waals surface area contributed by atoms with Gasteiger partial charge in [-0.15, -0.1) is 0 Å². The van der Waals surface area contributed by atoms with Gasteiger partial charge in [-0.1, -0.05) is 36.8 Å². The third-order valence-corrected chi connectivity index (χ3v) is 2.73. The molecule has 19 heavy (non-hydrogen) atoms. The summed E-state index contributed by atoms with van der Waals surface area (Å²) in [7, 11) is 0. The van der Waals surface area contributed by atoms with Crippen molar-refractivity contribution in [3.05, 3.63) is 41.5 Å². The fraction of sp³-hybridized carbons (Fsp3) is 0.333. The van der Waals surface area contributed by atoms with E-state index in [1.165, 1.54) is 6.08 Å². The van der Waals surface area contributed by atoms with Crippen LogP contribution in [0.4, 0.5) is 0 Å². The van der Waals surface area contributed by atoms with Crippen LogP contribution in [0.5, 0.6) is 0 Å². The van der Waals surface area contributed by atoms with Crippen molar-refractivity contribution in [3.63, 3.8) is 0 Å². The highest BCUT2D eigenvalue weighted by atomic mass is 16.4. The van der Waals surface area contributed by atoms with Gasteiger partial charge < -0.3 is 10.4 Å². The molecule has 0 aromatic heterocycles. The van der Waals surface area contributed by atoms with E-state index in [-0.39, 0.29) is 18.4 Å². The average molecular weight is 261 g/mol. The maximum atomic E-state index is 11.7. The van der Waals surface area contributed by atoms with Gasteiger partial charge in [-0.3, -0.25) is 9.59 Å². The molecule has 4 heteroatoms. The Morgan fingerprint density at radius 3 is 2.74 bits per heavy atom. The lowest BCUT2D eigenvalue weighted by molar-refractivity contribution is -0.137. The van der Waals surface area contributed by atoms with Crippen LogP contribution >= 0.6 is 0 Å². The highest BCUT2D eigenvalue weighted by Crippen LogP contribution is 2.06. The zero-order valence-electron chi connectivity index (χ0n) is 11.2. The van der Waals surface area contributed by atoms with E-state index in [0.29, 0.717) is 6.42 Å². The SMILES string of the molecule is CCC(CC(=O)O)NC(=O)/C=C/c1cccc(C)c1. The molecule has 1 unspecified atom stereocenters. The predicted octanol–water partition coefficient (Wildman–Crippen LogP) is 2.38. The van der Waals surface area contributed by atoms with E-state index in [1.54, 1.807) is 6.08 Å². The molecule has 0 aliphatic heterocycles. The summed E-state index contributed by atoms with van der Waals surface area (Å²) in [6, 6.07) is 7.46. The van der Waals surface area contributed by atoms with Crippen LogP contribution in [-0.4, -0.2) is 23.0 Å². The Labute approximate surface area is 113 Å². The first-order valence-electron chi connectivity index (χ1n) is 6.28. The molecular formula is C15H19NO3. The van der Waals surface area contributed by atoms with Crippen LogP contribution in [-0.2, 0) is 9.59 Å². The zero-order valence-corrected chi connectivity index (χ0v) is 11.2. The normalized spacial score (nSPS) is 12.3. The van der Waals surface area contributed by atoms with Crippen molar-refractivity contribution in [2.24, 2.45) is 0 Å². The maximum absolute atomic E-state index is 11.7. The number of hydrogen-bond donors (Lipinski definition) is 2. The van der Waals surface area contributed by atoms with Crippen LogP contribution in [0.1, 0.15) is 30.9 Å². The van der Waals surface area contributed by atoms with E-state index in [1.807, 2.05) is 38.1 Å². The minimum Gasteiger partial charge on any atom is -0.481 e. The lowest BCUT2D eigenvalue weighted by Crippen LogP contribution is -2.34. The molecule has 0 saturated heterocycles. The van der Waals surface area contributed by atoms with Crippen molar-refractivity contribution >= 4 is 18.0 Å². The van der Waals surface area contributed by atoms with Crippen LogP contribution in [0.25, 0.3) is 6.08 Å². The molecule has 0 aliphatic carbocycles. The van der Waals surface area contributed by atoms with E-state index in [0.717, 1.165) is 11.1 Å². The summed E-state index contributed by atoms with van der Waals surface area (Å²) in [6.45, 7) is 3.83. The molecule has 0 aliphatic rings. The second kappa shape index (κ2) is 7.36. The molecule has 1 amide bonds. The number of carboxylic acid groups (broad SMARTS) is 1. The molecule has 4 nitrogen and oxygen atoms in total. The molecule has 0 bridgehead atoms. The molecule has 1 atom stereocenters. The van der Waals surface area contributed by atoms with Gasteiger partial charge in [0, 0.05) is 12.1 Å². The van der Waals surface area contributed by atoms with Gasteiger partial charge in [0.05, 0.1) is 6.42 Å². The molecule has 0 spiro atoms. The van der Waals surface area contributed by atoms with Crippen molar-refractivity contribution in [1.29, 1.82) is 0 Å². The van der Waals surface area contributed by atoms with Gasteiger partial charge in [-0.05, 0) is 25.0 Å². The number of benzene rings is 1. The first-order valence-corrected chi connectivity index (χ1v) is 6.28. The Bertz CT molecular complexity index is 480. The Hall–Kier alpha value is -2.10. The van der Waals surface area contributed by atoms with Gasteiger partial charge >= 0.3 is 5.97 Å². The number of carbonyl (C=O) groups excluding carboxylic acids is 1. The minimum atomic E-state index is -0.908. The summed E-state index contributed by atoms with van der Waals surface area (Å²) in [4.78, 5) is 22.3. The molecule has 1 aromatic carbocycles. The number of rotatable bonds is 6. The second-order valence-electron chi connectivity index (χ2n) is 4.46. The lowest BCUT2D eigenvalue weighted by Gasteiger charge is -2.12. The highest BCUT2D eigenvalue weighted by molar-refractivity contribution is 5.92. The summed E-state index contributed by atoms with van der Waals surface area (Å²) in [6.07, 6.45) is 3.69. The number of nitrogens with one attached hydrogen (secondary N) is 1. The highest BCUT2D eigenvalue weighted by Gasteiger charge is 2.12. The number of amides is 1. The van der Waals surface area contributed by atoms with Crippen LogP contribution in [0.3, 0.4) is 0 Å². The van der Waals surface area contributed by atoms with Crippen molar-refractivity contribution < 1.29 is 14.7 Å². The Morgan fingerprint density at radius 1 is 1.42 bits per heavy atom. The summed E-state index contributed by atoms with van der Waals surface area (Å²) in [5.74, 6) is -1.18. The van der Waals surface area contributed by atoms with Gasteiger partial charge in [0.15, 0.2) is 0 Å². The molecule has 102 valence electrons. The van der Waals surface area contributed by atoms with Crippen molar-refractivity contribution in [3.8, 4) is 0 Å². The van der Waals surface area contributed by atoms with E-state index in [2.05, 4.69) is 5.32 Å². The average Bonchev–Trinajstić information content (AvgIpc) is 2.35. The molecule has 1 rings (SSSR count). The minimum absolute atomic E-state index is 0.0550. The Balaban J connectivity index is 2.56.